The number of ether oxygens (including phenoxy) is 1. The summed E-state index contributed by atoms with van der Waals surface area (Å²) in [5.74, 6) is -0.403. The Hall–Kier alpha value is -3.01. The monoisotopic (exact) mass is 454 g/mol. The lowest BCUT2D eigenvalue weighted by Gasteiger charge is -2.12. The first-order valence-corrected chi connectivity index (χ1v) is 12.0. The minimum atomic E-state index is -3.75. The number of rotatable bonds is 7. The second-order valence-electron chi connectivity index (χ2n) is 7.76. The molecule has 1 unspecified atom stereocenters. The third-order valence-corrected chi connectivity index (χ3v) is 6.88. The van der Waals surface area contributed by atoms with Gasteiger partial charge in [-0.1, -0.05) is 24.3 Å². The first-order valence-electron chi connectivity index (χ1n) is 10.5. The minimum Gasteiger partial charge on any atom is -0.377 e. The lowest BCUT2D eigenvalue weighted by molar-refractivity contribution is 0.102. The van der Waals surface area contributed by atoms with Gasteiger partial charge in [0, 0.05) is 18.7 Å². The summed E-state index contributed by atoms with van der Waals surface area (Å²) in [5, 5.41) is 7.41. The van der Waals surface area contributed by atoms with E-state index in [-0.39, 0.29) is 23.1 Å². The van der Waals surface area contributed by atoms with E-state index in [2.05, 4.69) is 15.1 Å². The highest BCUT2D eigenvalue weighted by Gasteiger charge is 2.22. The standard InChI is InChI=1S/C23H26N4O4S/c1-16-22(17(2)27(26-16)19-9-4-3-5-10-19)25-23(28)18-8-6-12-21(14-18)32(29,30)24-15-20-11-7-13-31-20/h3-6,8-10,12,14,20,24H,7,11,13,15H2,1-2H3,(H,25,28). The Bertz CT molecular complexity index is 1220. The highest BCUT2D eigenvalue weighted by molar-refractivity contribution is 7.89. The second-order valence-corrected chi connectivity index (χ2v) is 9.53. The summed E-state index contributed by atoms with van der Waals surface area (Å²) >= 11 is 0. The molecule has 1 aliphatic heterocycles. The van der Waals surface area contributed by atoms with Crippen molar-refractivity contribution in [2.24, 2.45) is 0 Å². The van der Waals surface area contributed by atoms with Gasteiger partial charge in [0.2, 0.25) is 10.0 Å². The normalized spacial score (nSPS) is 16.2. The summed E-state index contributed by atoms with van der Waals surface area (Å²) in [6.07, 6.45) is 1.66. The summed E-state index contributed by atoms with van der Waals surface area (Å²) < 4.78 is 35.2. The Morgan fingerprint density at radius 3 is 2.66 bits per heavy atom. The maximum absolute atomic E-state index is 12.9. The van der Waals surface area contributed by atoms with E-state index in [4.69, 9.17) is 4.74 Å². The molecule has 168 valence electrons. The highest BCUT2D eigenvalue weighted by Crippen LogP contribution is 2.24. The molecule has 1 fully saturated rings. The Labute approximate surface area is 187 Å². The van der Waals surface area contributed by atoms with E-state index < -0.39 is 15.9 Å². The predicted molar refractivity (Wildman–Crippen MR) is 122 cm³/mol. The van der Waals surface area contributed by atoms with Gasteiger partial charge in [-0.3, -0.25) is 4.79 Å². The molecule has 1 aromatic heterocycles. The second kappa shape index (κ2) is 9.23. The fourth-order valence-electron chi connectivity index (χ4n) is 3.73. The molecule has 2 N–H and O–H groups in total. The number of para-hydroxylation sites is 1. The summed E-state index contributed by atoms with van der Waals surface area (Å²) in [6, 6.07) is 15.6. The molecule has 1 atom stereocenters. The van der Waals surface area contributed by atoms with Gasteiger partial charge >= 0.3 is 0 Å². The molecule has 3 aromatic rings. The molecule has 32 heavy (non-hydrogen) atoms. The van der Waals surface area contributed by atoms with Crippen molar-refractivity contribution in [1.29, 1.82) is 0 Å². The van der Waals surface area contributed by atoms with Gasteiger partial charge in [0.05, 0.1) is 33.8 Å². The lowest BCUT2D eigenvalue weighted by Crippen LogP contribution is -2.32. The minimum absolute atomic E-state index is 0.0385. The van der Waals surface area contributed by atoms with Crippen LogP contribution < -0.4 is 10.0 Å². The fraction of sp³-hybridized carbons (Fsp3) is 0.304. The SMILES string of the molecule is Cc1nn(-c2ccccc2)c(C)c1NC(=O)c1cccc(S(=O)(=O)NCC2CCCO2)c1. The van der Waals surface area contributed by atoms with E-state index in [1.165, 1.54) is 12.1 Å². The highest BCUT2D eigenvalue weighted by atomic mass is 32.2. The van der Waals surface area contributed by atoms with Crippen LogP contribution in [0.5, 0.6) is 0 Å². The Morgan fingerprint density at radius 2 is 1.94 bits per heavy atom. The van der Waals surface area contributed by atoms with Crippen molar-refractivity contribution in [3.8, 4) is 5.69 Å². The molecule has 1 amide bonds. The molecule has 1 saturated heterocycles. The molecule has 4 rings (SSSR count). The van der Waals surface area contributed by atoms with Crippen molar-refractivity contribution in [2.75, 3.05) is 18.5 Å². The zero-order valence-corrected chi connectivity index (χ0v) is 18.9. The number of benzene rings is 2. The number of amides is 1. The van der Waals surface area contributed by atoms with Crippen LogP contribution in [0, 0.1) is 13.8 Å². The average Bonchev–Trinajstić information content (AvgIpc) is 3.42. The first-order chi connectivity index (χ1) is 15.3. The van der Waals surface area contributed by atoms with Crippen molar-refractivity contribution < 1.29 is 17.9 Å². The van der Waals surface area contributed by atoms with Crippen LogP contribution >= 0.6 is 0 Å². The third kappa shape index (κ3) is 4.74. The van der Waals surface area contributed by atoms with Crippen LogP contribution in [0.25, 0.3) is 5.69 Å². The number of aromatic nitrogens is 2. The zero-order chi connectivity index (χ0) is 22.7. The Balaban J connectivity index is 1.52. The van der Waals surface area contributed by atoms with Crippen molar-refractivity contribution in [3.05, 3.63) is 71.5 Å². The molecule has 8 nitrogen and oxygen atoms in total. The molecule has 2 heterocycles. The first kappa shape index (κ1) is 22.2. The summed E-state index contributed by atoms with van der Waals surface area (Å²) in [6.45, 7) is 4.56. The predicted octanol–water partition coefficient (Wildman–Crippen LogP) is 3.20. The zero-order valence-electron chi connectivity index (χ0n) is 18.0. The number of nitrogens with zero attached hydrogens (tertiary/aromatic N) is 2. The van der Waals surface area contributed by atoms with Crippen LogP contribution in [0.1, 0.15) is 34.6 Å². The number of anilines is 1. The van der Waals surface area contributed by atoms with Crippen molar-refractivity contribution in [1.82, 2.24) is 14.5 Å². The van der Waals surface area contributed by atoms with E-state index in [0.717, 1.165) is 24.2 Å². The van der Waals surface area contributed by atoms with Gasteiger partial charge < -0.3 is 10.1 Å². The molecule has 1 aliphatic rings. The maximum atomic E-state index is 12.9. The molecular formula is C23H26N4O4S. The number of aryl methyl sites for hydroxylation is 1. The quantitative estimate of drug-likeness (QED) is 0.571. The van der Waals surface area contributed by atoms with Gasteiger partial charge in [0.25, 0.3) is 5.91 Å². The van der Waals surface area contributed by atoms with Gasteiger partial charge in [-0.15, -0.1) is 0 Å². The summed E-state index contributed by atoms with van der Waals surface area (Å²) in [7, 11) is -3.75. The van der Waals surface area contributed by atoms with E-state index in [0.29, 0.717) is 18.0 Å². The maximum Gasteiger partial charge on any atom is 0.255 e. The van der Waals surface area contributed by atoms with Crippen LogP contribution in [0.4, 0.5) is 5.69 Å². The third-order valence-electron chi connectivity index (χ3n) is 5.46. The largest absolute Gasteiger partial charge is 0.377 e. The number of nitrogens with one attached hydrogen (secondary N) is 2. The van der Waals surface area contributed by atoms with Gasteiger partial charge in [0.15, 0.2) is 0 Å². The van der Waals surface area contributed by atoms with E-state index >= 15 is 0 Å². The summed E-state index contributed by atoms with van der Waals surface area (Å²) in [4.78, 5) is 13.0. The van der Waals surface area contributed by atoms with Crippen molar-refractivity contribution in [3.63, 3.8) is 0 Å². The van der Waals surface area contributed by atoms with Gasteiger partial charge in [-0.05, 0) is 57.0 Å². The Morgan fingerprint density at radius 1 is 1.16 bits per heavy atom. The lowest BCUT2D eigenvalue weighted by atomic mass is 10.2. The number of carbonyl (C=O) groups excluding carboxylic acids is 1. The number of sulfonamides is 1. The summed E-state index contributed by atoms with van der Waals surface area (Å²) in [5.41, 5.74) is 3.18. The molecule has 9 heteroatoms. The van der Waals surface area contributed by atoms with E-state index in [1.807, 2.05) is 44.2 Å². The van der Waals surface area contributed by atoms with Crippen LogP contribution in [-0.2, 0) is 14.8 Å². The fourth-order valence-corrected chi connectivity index (χ4v) is 4.84. The smallest absolute Gasteiger partial charge is 0.255 e. The van der Waals surface area contributed by atoms with E-state index in [9.17, 15) is 13.2 Å². The number of hydrogen-bond acceptors (Lipinski definition) is 5. The molecule has 0 saturated carbocycles. The van der Waals surface area contributed by atoms with Gasteiger partial charge in [0.1, 0.15) is 0 Å². The van der Waals surface area contributed by atoms with Gasteiger partial charge in [-0.2, -0.15) is 5.10 Å². The molecule has 0 radical (unpaired) electrons. The molecule has 0 bridgehead atoms. The average molecular weight is 455 g/mol. The van der Waals surface area contributed by atoms with Crippen LogP contribution in [-0.4, -0.2) is 43.4 Å². The Kier molecular flexibility index (Phi) is 6.40. The molecule has 0 spiro atoms. The molecule has 2 aromatic carbocycles. The topological polar surface area (TPSA) is 102 Å². The molecule has 0 aliphatic carbocycles. The van der Waals surface area contributed by atoms with Crippen LogP contribution in [0.2, 0.25) is 0 Å². The van der Waals surface area contributed by atoms with Crippen LogP contribution in [0.15, 0.2) is 59.5 Å². The molecular weight excluding hydrogens is 428 g/mol. The van der Waals surface area contributed by atoms with E-state index in [1.54, 1.807) is 16.8 Å². The number of hydrogen-bond donors (Lipinski definition) is 2. The van der Waals surface area contributed by atoms with Crippen molar-refractivity contribution in [2.45, 2.75) is 37.7 Å². The van der Waals surface area contributed by atoms with Gasteiger partial charge in [-0.25, -0.2) is 17.8 Å². The van der Waals surface area contributed by atoms with Crippen LogP contribution in [0.3, 0.4) is 0 Å². The van der Waals surface area contributed by atoms with Crippen molar-refractivity contribution >= 4 is 21.6 Å². The number of carbonyl (C=O) groups is 1.